The van der Waals surface area contributed by atoms with Gasteiger partial charge in [-0.25, -0.2) is 9.78 Å². The molecular formula is C24H27Cl5N3O5PS. The van der Waals surface area contributed by atoms with Crippen molar-refractivity contribution in [2.24, 2.45) is 0 Å². The van der Waals surface area contributed by atoms with Crippen molar-refractivity contribution in [2.75, 3.05) is 33.9 Å². The first-order valence-corrected chi connectivity index (χ1v) is 15.8. The van der Waals surface area contributed by atoms with Crippen molar-refractivity contribution < 1.29 is 23.1 Å². The van der Waals surface area contributed by atoms with Gasteiger partial charge in [-0.2, -0.15) is 0 Å². The third-order valence-corrected chi connectivity index (χ3v) is 8.61. The first-order chi connectivity index (χ1) is 18.4. The van der Waals surface area contributed by atoms with Crippen LogP contribution in [0.5, 0.6) is 11.5 Å². The molecule has 214 valence electrons. The molecule has 0 fully saturated rings. The standard InChI is InChI=1S/C15H16Cl3N3O2.C9H11Cl2O3PS/c1-2-4-20(15(22)21-5-3-19-10-21)6-7-23-14-12(17)8-11(16)9-13(14)18;1-6-4-7(10)9(8(11)5-6)14-15(16,12-2)13-3/h3,5,8-10H,2,4,6-7H2,1H3;4-5H,1-3H3. The number of aromatic nitrogens is 2. The highest BCUT2D eigenvalue weighted by molar-refractivity contribution is 8.07. The molecule has 0 atom stereocenters. The number of ether oxygens (including phenoxy) is 1. The maximum absolute atomic E-state index is 12.3. The summed E-state index contributed by atoms with van der Waals surface area (Å²) in [4.78, 5) is 17.9. The molecular weight excluding hydrogens is 651 g/mol. The van der Waals surface area contributed by atoms with E-state index in [4.69, 9.17) is 88.1 Å². The third-order valence-electron chi connectivity index (χ3n) is 4.85. The van der Waals surface area contributed by atoms with Crippen LogP contribution in [0, 0.1) is 6.92 Å². The molecule has 1 amide bonds. The zero-order chi connectivity index (χ0) is 29.2. The van der Waals surface area contributed by atoms with Gasteiger partial charge in [-0.15, -0.1) is 0 Å². The lowest BCUT2D eigenvalue weighted by molar-refractivity contribution is 0.184. The highest BCUT2D eigenvalue weighted by Gasteiger charge is 2.22. The number of hydrogen-bond donors (Lipinski definition) is 0. The molecule has 0 aliphatic rings. The summed E-state index contributed by atoms with van der Waals surface area (Å²) < 4.78 is 22.5. The first kappa shape index (κ1) is 33.9. The van der Waals surface area contributed by atoms with Crippen molar-refractivity contribution >= 4 is 82.6 Å². The summed E-state index contributed by atoms with van der Waals surface area (Å²) in [5, 5.41) is 1.88. The van der Waals surface area contributed by atoms with E-state index in [2.05, 4.69) is 4.98 Å². The molecule has 8 nitrogen and oxygen atoms in total. The van der Waals surface area contributed by atoms with Gasteiger partial charge >= 0.3 is 12.7 Å². The summed E-state index contributed by atoms with van der Waals surface area (Å²) in [6, 6.07) is 6.43. The Morgan fingerprint density at radius 2 is 1.54 bits per heavy atom. The number of imidazole rings is 1. The van der Waals surface area contributed by atoms with Crippen molar-refractivity contribution in [1.82, 2.24) is 14.5 Å². The minimum Gasteiger partial charge on any atom is -0.489 e. The molecule has 1 heterocycles. The van der Waals surface area contributed by atoms with Gasteiger partial charge in [-0.3, -0.25) is 4.57 Å². The second-order valence-electron chi connectivity index (χ2n) is 7.75. The summed E-state index contributed by atoms with van der Waals surface area (Å²) in [5.41, 5.74) is 0.936. The van der Waals surface area contributed by atoms with Gasteiger partial charge < -0.3 is 23.2 Å². The fourth-order valence-electron chi connectivity index (χ4n) is 3.07. The van der Waals surface area contributed by atoms with Crippen LogP contribution in [-0.4, -0.2) is 54.4 Å². The van der Waals surface area contributed by atoms with Crippen LogP contribution in [-0.2, 0) is 20.9 Å². The largest absolute Gasteiger partial charge is 0.489 e. The monoisotopic (exact) mass is 675 g/mol. The zero-order valence-corrected chi connectivity index (χ0v) is 27.0. The fourth-order valence-corrected chi connectivity index (χ4v) is 5.72. The molecule has 3 rings (SSSR count). The van der Waals surface area contributed by atoms with Crippen LogP contribution in [0.25, 0.3) is 0 Å². The highest BCUT2D eigenvalue weighted by atomic mass is 35.5. The smallest absolute Gasteiger partial charge is 0.380 e. The van der Waals surface area contributed by atoms with E-state index in [9.17, 15) is 4.79 Å². The summed E-state index contributed by atoms with van der Waals surface area (Å²) in [6.45, 7) is 2.36. The molecule has 0 aliphatic carbocycles. The van der Waals surface area contributed by atoms with Crippen LogP contribution < -0.4 is 9.26 Å². The predicted octanol–water partition coefficient (Wildman–Crippen LogP) is 8.80. The molecule has 0 N–H and O–H groups in total. The van der Waals surface area contributed by atoms with E-state index < -0.39 is 6.72 Å². The zero-order valence-electron chi connectivity index (χ0n) is 21.5. The Bertz CT molecular complexity index is 1250. The number of carbonyl (C=O) groups is 1. The lowest BCUT2D eigenvalue weighted by atomic mass is 10.2. The van der Waals surface area contributed by atoms with E-state index in [0.29, 0.717) is 49.7 Å². The number of aryl methyl sites for hydroxylation is 1. The van der Waals surface area contributed by atoms with Gasteiger partial charge in [0.2, 0.25) is 0 Å². The Morgan fingerprint density at radius 1 is 0.974 bits per heavy atom. The van der Waals surface area contributed by atoms with Gasteiger partial charge in [0.25, 0.3) is 0 Å². The average Bonchev–Trinajstić information content (AvgIpc) is 3.42. The Kier molecular flexibility index (Phi) is 14.1. The number of halogens is 5. The second-order valence-corrected chi connectivity index (χ2v) is 13.0. The van der Waals surface area contributed by atoms with Gasteiger partial charge in [0.15, 0.2) is 11.5 Å². The van der Waals surface area contributed by atoms with Crippen LogP contribution in [0.4, 0.5) is 4.79 Å². The average molecular weight is 678 g/mol. The van der Waals surface area contributed by atoms with E-state index in [1.54, 1.807) is 41.6 Å². The van der Waals surface area contributed by atoms with Gasteiger partial charge in [0, 0.05) is 50.0 Å². The van der Waals surface area contributed by atoms with Crippen LogP contribution in [0.2, 0.25) is 25.1 Å². The predicted molar refractivity (Wildman–Crippen MR) is 162 cm³/mol. The second kappa shape index (κ2) is 16.2. The summed E-state index contributed by atoms with van der Waals surface area (Å²) in [7, 11) is 2.83. The molecule has 2 aromatic carbocycles. The third kappa shape index (κ3) is 10.3. The molecule has 1 aromatic heterocycles. The minimum atomic E-state index is -2.81. The molecule has 0 saturated carbocycles. The lowest BCUT2D eigenvalue weighted by Crippen LogP contribution is -2.37. The topological polar surface area (TPSA) is 75.1 Å². The van der Waals surface area contributed by atoms with Crippen molar-refractivity contribution in [3.8, 4) is 11.5 Å². The minimum absolute atomic E-state index is 0.152. The van der Waals surface area contributed by atoms with Crippen molar-refractivity contribution in [3.05, 3.63) is 73.7 Å². The molecule has 3 aromatic rings. The molecule has 0 unspecified atom stereocenters. The maximum Gasteiger partial charge on any atom is 0.380 e. The Balaban J connectivity index is 0.000000293. The Morgan fingerprint density at radius 3 is 2.03 bits per heavy atom. The lowest BCUT2D eigenvalue weighted by Gasteiger charge is -2.22. The van der Waals surface area contributed by atoms with E-state index >= 15 is 0 Å². The molecule has 0 spiro atoms. The molecule has 39 heavy (non-hydrogen) atoms. The Hall–Kier alpha value is -1.26. The number of carbonyl (C=O) groups excluding carboxylic acids is 1. The van der Waals surface area contributed by atoms with Crippen molar-refractivity contribution in [2.45, 2.75) is 20.3 Å². The van der Waals surface area contributed by atoms with E-state index in [1.165, 1.54) is 25.1 Å². The van der Waals surface area contributed by atoms with Crippen LogP contribution in [0.3, 0.4) is 0 Å². The van der Waals surface area contributed by atoms with Gasteiger partial charge in [-0.1, -0.05) is 64.9 Å². The molecule has 0 radical (unpaired) electrons. The van der Waals surface area contributed by atoms with Crippen LogP contribution >= 0.6 is 64.7 Å². The normalized spacial score (nSPS) is 11.0. The Labute approximate surface area is 258 Å². The molecule has 15 heteroatoms. The molecule has 0 saturated heterocycles. The molecule has 0 aliphatic heterocycles. The first-order valence-electron chi connectivity index (χ1n) is 11.4. The summed E-state index contributed by atoms with van der Waals surface area (Å²) >= 11 is 35.1. The number of amides is 1. The van der Waals surface area contributed by atoms with Crippen molar-refractivity contribution in [3.63, 3.8) is 0 Å². The number of benzene rings is 2. The van der Waals surface area contributed by atoms with Crippen LogP contribution in [0.1, 0.15) is 18.9 Å². The van der Waals surface area contributed by atoms with E-state index in [-0.39, 0.29) is 12.6 Å². The van der Waals surface area contributed by atoms with Crippen LogP contribution in [0.15, 0.2) is 43.0 Å². The maximum atomic E-state index is 12.3. The fraction of sp³-hybridized carbons (Fsp3) is 0.333. The van der Waals surface area contributed by atoms with Gasteiger partial charge in [0.1, 0.15) is 12.9 Å². The van der Waals surface area contributed by atoms with E-state index in [1.807, 2.05) is 13.8 Å². The summed E-state index contributed by atoms with van der Waals surface area (Å²) in [6.07, 6.45) is 5.48. The molecule has 0 bridgehead atoms. The number of nitrogens with zero attached hydrogens (tertiary/aromatic N) is 3. The van der Waals surface area contributed by atoms with Gasteiger partial charge in [-0.05, 0) is 43.2 Å². The summed E-state index contributed by atoms with van der Waals surface area (Å²) in [5.74, 6) is 0.658. The number of hydrogen-bond acceptors (Lipinski definition) is 7. The quantitative estimate of drug-likeness (QED) is 0.199. The SMILES string of the molecule is CCCN(CCOc1c(Cl)cc(Cl)cc1Cl)C(=O)n1ccnc1.COP(=S)(OC)Oc1c(Cl)cc(C)cc1Cl. The highest BCUT2D eigenvalue weighted by Crippen LogP contribution is 2.51. The van der Waals surface area contributed by atoms with Crippen molar-refractivity contribution in [1.29, 1.82) is 0 Å². The van der Waals surface area contributed by atoms with E-state index in [0.717, 1.165) is 12.0 Å². The number of rotatable bonds is 10. The van der Waals surface area contributed by atoms with Gasteiger partial charge in [0.05, 0.1) is 26.6 Å².